The van der Waals surface area contributed by atoms with Crippen LogP contribution in [0.3, 0.4) is 0 Å². The van der Waals surface area contributed by atoms with E-state index < -0.39 is 6.10 Å². The molecule has 22 heavy (non-hydrogen) atoms. The maximum Gasteiger partial charge on any atom is 0.341 e. The topological polar surface area (TPSA) is 38.8 Å². The van der Waals surface area contributed by atoms with Crippen LogP contribution in [-0.2, 0) is 14.4 Å². The lowest BCUT2D eigenvalue weighted by molar-refractivity contribution is -0.304. The van der Waals surface area contributed by atoms with Crippen LogP contribution in [0.25, 0.3) is 0 Å². The molecule has 1 atom stereocenters. The normalized spacial score (nSPS) is 22.0. The fourth-order valence-electron chi connectivity index (χ4n) is 3.34. The van der Waals surface area contributed by atoms with Crippen molar-refractivity contribution in [3.05, 3.63) is 35.9 Å². The molecule has 0 saturated carbocycles. The van der Waals surface area contributed by atoms with Gasteiger partial charge in [-0.1, -0.05) is 30.3 Å². The van der Waals surface area contributed by atoms with Crippen molar-refractivity contribution in [1.29, 1.82) is 0 Å². The van der Waals surface area contributed by atoms with Gasteiger partial charge in [-0.25, -0.2) is 4.79 Å². The van der Waals surface area contributed by atoms with Crippen molar-refractivity contribution in [1.82, 2.24) is 5.06 Å². The van der Waals surface area contributed by atoms with Crippen molar-refractivity contribution in [3.63, 3.8) is 0 Å². The molecular weight excluding hydrogens is 278 g/mol. The molecule has 0 radical (unpaired) electrons. The number of carbonyl (C=O) groups excluding carboxylic acids is 1. The number of benzene rings is 1. The van der Waals surface area contributed by atoms with Crippen molar-refractivity contribution in [2.45, 2.75) is 64.1 Å². The van der Waals surface area contributed by atoms with E-state index in [9.17, 15) is 4.79 Å². The van der Waals surface area contributed by atoms with Gasteiger partial charge in [0.05, 0.1) is 7.11 Å². The van der Waals surface area contributed by atoms with Crippen LogP contribution < -0.4 is 0 Å². The van der Waals surface area contributed by atoms with E-state index in [0.29, 0.717) is 0 Å². The maximum atomic E-state index is 12.2. The number of carbonyl (C=O) groups is 1. The quantitative estimate of drug-likeness (QED) is 0.791. The lowest BCUT2D eigenvalue weighted by Crippen LogP contribution is -2.58. The lowest BCUT2D eigenvalue weighted by atomic mass is 9.82. The largest absolute Gasteiger partial charge is 0.467 e. The summed E-state index contributed by atoms with van der Waals surface area (Å²) in [7, 11) is 1.40. The van der Waals surface area contributed by atoms with Gasteiger partial charge in [0.1, 0.15) is 0 Å². The van der Waals surface area contributed by atoms with Crippen LogP contribution in [0.5, 0.6) is 0 Å². The van der Waals surface area contributed by atoms with Gasteiger partial charge in [-0.15, -0.1) is 0 Å². The van der Waals surface area contributed by atoms with Gasteiger partial charge in [0.2, 0.25) is 6.10 Å². The van der Waals surface area contributed by atoms with E-state index >= 15 is 0 Å². The molecule has 4 heteroatoms. The Hall–Kier alpha value is -1.39. The van der Waals surface area contributed by atoms with Crippen LogP contribution >= 0.6 is 0 Å². The zero-order valence-electron chi connectivity index (χ0n) is 14.3. The summed E-state index contributed by atoms with van der Waals surface area (Å²) >= 11 is 0. The second kappa shape index (κ2) is 6.39. The Morgan fingerprint density at radius 3 is 2.14 bits per heavy atom. The van der Waals surface area contributed by atoms with E-state index in [4.69, 9.17) is 9.57 Å². The average Bonchev–Trinajstić information content (AvgIpc) is 2.46. The summed E-state index contributed by atoms with van der Waals surface area (Å²) in [6, 6.07) is 9.52. The Bertz CT molecular complexity index is 494. The summed E-state index contributed by atoms with van der Waals surface area (Å²) < 4.78 is 4.95. The fraction of sp³-hybridized carbons (Fsp3) is 0.611. The highest BCUT2D eigenvalue weighted by Gasteiger charge is 2.44. The SMILES string of the molecule is COC(=O)C(ON1C(C)(C)CCCC1(C)C)c1ccccc1. The Balaban J connectivity index is 2.31. The summed E-state index contributed by atoms with van der Waals surface area (Å²) in [5.74, 6) is -0.372. The molecule has 1 aromatic rings. The van der Waals surface area contributed by atoms with E-state index in [1.807, 2.05) is 35.4 Å². The molecule has 1 heterocycles. The smallest absolute Gasteiger partial charge is 0.341 e. The molecule has 2 rings (SSSR count). The van der Waals surface area contributed by atoms with E-state index in [1.165, 1.54) is 7.11 Å². The predicted octanol–water partition coefficient (Wildman–Crippen LogP) is 3.88. The molecule has 0 aliphatic carbocycles. The minimum absolute atomic E-state index is 0.122. The van der Waals surface area contributed by atoms with Crippen LogP contribution in [0.4, 0.5) is 0 Å². The molecule has 0 spiro atoms. The van der Waals surface area contributed by atoms with E-state index in [-0.39, 0.29) is 17.0 Å². The highest BCUT2D eigenvalue weighted by Crippen LogP contribution is 2.40. The molecule has 1 fully saturated rings. The molecule has 4 nitrogen and oxygen atoms in total. The van der Waals surface area contributed by atoms with Gasteiger partial charge in [-0.3, -0.25) is 4.84 Å². The number of piperidine rings is 1. The molecule has 0 bridgehead atoms. The first-order valence-corrected chi connectivity index (χ1v) is 7.88. The number of hydrogen-bond acceptors (Lipinski definition) is 4. The molecular formula is C18H27NO3. The third kappa shape index (κ3) is 3.50. The van der Waals surface area contributed by atoms with Crippen molar-refractivity contribution in [2.75, 3.05) is 7.11 Å². The second-order valence-electron chi connectivity index (χ2n) is 7.19. The van der Waals surface area contributed by atoms with Gasteiger partial charge in [-0.05, 0) is 52.5 Å². The zero-order valence-corrected chi connectivity index (χ0v) is 14.3. The first kappa shape index (κ1) is 17.0. The monoisotopic (exact) mass is 305 g/mol. The number of hydrogen-bond donors (Lipinski definition) is 0. The molecule has 122 valence electrons. The predicted molar refractivity (Wildman–Crippen MR) is 86.1 cm³/mol. The second-order valence-corrected chi connectivity index (χ2v) is 7.19. The van der Waals surface area contributed by atoms with Crippen LogP contribution in [0, 0.1) is 0 Å². The first-order chi connectivity index (χ1) is 10.3. The molecule has 0 aromatic heterocycles. The molecule has 1 aliphatic rings. The third-order valence-corrected chi connectivity index (χ3v) is 4.41. The molecule has 1 aromatic carbocycles. The molecule has 1 saturated heterocycles. The van der Waals surface area contributed by atoms with Gasteiger partial charge in [0.15, 0.2) is 0 Å². The standard InChI is InChI=1S/C18H27NO3/c1-17(2)12-9-13-18(3,4)19(17)22-15(16(20)21-5)14-10-7-6-8-11-14/h6-8,10-11,15H,9,12-13H2,1-5H3. The molecule has 0 amide bonds. The van der Waals surface area contributed by atoms with E-state index in [0.717, 1.165) is 24.8 Å². The summed E-state index contributed by atoms with van der Waals surface area (Å²) in [5.41, 5.74) is 0.567. The van der Waals surface area contributed by atoms with Gasteiger partial charge >= 0.3 is 5.97 Å². The van der Waals surface area contributed by atoms with Crippen molar-refractivity contribution < 1.29 is 14.4 Å². The summed E-state index contributed by atoms with van der Waals surface area (Å²) in [6.45, 7) is 8.64. The minimum Gasteiger partial charge on any atom is -0.467 e. The average molecular weight is 305 g/mol. The molecule has 1 unspecified atom stereocenters. The number of esters is 1. The maximum absolute atomic E-state index is 12.2. The number of nitrogens with zero attached hydrogens (tertiary/aromatic N) is 1. The Morgan fingerprint density at radius 2 is 1.64 bits per heavy atom. The lowest BCUT2D eigenvalue weighted by Gasteiger charge is -2.52. The van der Waals surface area contributed by atoms with E-state index in [1.54, 1.807) is 0 Å². The van der Waals surface area contributed by atoms with Crippen LogP contribution in [-0.4, -0.2) is 29.2 Å². The Kier molecular flexibility index (Phi) is 4.93. The van der Waals surface area contributed by atoms with Crippen LogP contribution in [0.15, 0.2) is 30.3 Å². The fourth-order valence-corrected chi connectivity index (χ4v) is 3.34. The molecule has 1 aliphatic heterocycles. The first-order valence-electron chi connectivity index (χ1n) is 7.88. The van der Waals surface area contributed by atoms with Crippen molar-refractivity contribution in [3.8, 4) is 0 Å². The third-order valence-electron chi connectivity index (χ3n) is 4.41. The summed E-state index contributed by atoms with van der Waals surface area (Å²) in [5, 5.41) is 2.00. The highest BCUT2D eigenvalue weighted by molar-refractivity contribution is 5.76. The van der Waals surface area contributed by atoms with Gasteiger partial charge in [0.25, 0.3) is 0 Å². The summed E-state index contributed by atoms with van der Waals surface area (Å²) in [6.07, 6.45) is 2.51. The highest BCUT2D eigenvalue weighted by atomic mass is 16.7. The van der Waals surface area contributed by atoms with Crippen molar-refractivity contribution >= 4 is 5.97 Å². The number of hydroxylamine groups is 2. The summed E-state index contributed by atoms with van der Waals surface area (Å²) in [4.78, 5) is 18.5. The molecule has 0 N–H and O–H groups in total. The van der Waals surface area contributed by atoms with Gasteiger partial charge < -0.3 is 4.74 Å². The van der Waals surface area contributed by atoms with Crippen molar-refractivity contribution in [2.24, 2.45) is 0 Å². The minimum atomic E-state index is -0.733. The Labute approximate surface area is 133 Å². The Morgan fingerprint density at radius 1 is 1.09 bits per heavy atom. The zero-order chi connectivity index (χ0) is 16.4. The van der Waals surface area contributed by atoms with Gasteiger partial charge in [0, 0.05) is 11.1 Å². The van der Waals surface area contributed by atoms with Crippen LogP contribution in [0.1, 0.15) is 58.6 Å². The number of rotatable bonds is 4. The number of methoxy groups -OCH3 is 1. The van der Waals surface area contributed by atoms with Crippen LogP contribution in [0.2, 0.25) is 0 Å². The van der Waals surface area contributed by atoms with E-state index in [2.05, 4.69) is 27.7 Å². The number of ether oxygens (including phenoxy) is 1. The van der Waals surface area contributed by atoms with Gasteiger partial charge in [-0.2, -0.15) is 5.06 Å².